The Balaban J connectivity index is 1.78. The maximum absolute atomic E-state index is 13.5. The number of hydrogen-bond acceptors (Lipinski definition) is 5. The topological polar surface area (TPSA) is 84.9 Å². The van der Waals surface area contributed by atoms with Crippen molar-refractivity contribution < 1.29 is 22.7 Å². The van der Waals surface area contributed by atoms with Crippen molar-refractivity contribution in [3.05, 3.63) is 82.8 Å². The number of rotatable bonds is 11. The molecule has 7 nitrogen and oxygen atoms in total. The standard InChI is InChI=1S/C24H24Cl2N2O5S/c1-2-32-23-10-6-4-8-21(23)28(34(30,31)19-13-11-18(25)12-14-19)17-24(29)27-15-16-33-22-9-5-3-7-20(22)26/h3-14H,2,15-17H2,1H3,(H,27,29). The summed E-state index contributed by atoms with van der Waals surface area (Å²) in [6.45, 7) is 1.99. The van der Waals surface area contributed by atoms with Gasteiger partial charge in [0, 0.05) is 5.02 Å². The third-order valence-electron chi connectivity index (χ3n) is 4.64. The summed E-state index contributed by atoms with van der Waals surface area (Å²) in [5.74, 6) is 0.333. The Morgan fingerprint density at radius 1 is 0.912 bits per heavy atom. The van der Waals surface area contributed by atoms with Crippen molar-refractivity contribution in [3.8, 4) is 11.5 Å². The van der Waals surface area contributed by atoms with Gasteiger partial charge in [0.15, 0.2) is 0 Å². The number of benzene rings is 3. The summed E-state index contributed by atoms with van der Waals surface area (Å²) in [6, 6.07) is 19.4. The van der Waals surface area contributed by atoms with Crippen molar-refractivity contribution >= 4 is 44.8 Å². The molecule has 34 heavy (non-hydrogen) atoms. The zero-order valence-electron chi connectivity index (χ0n) is 18.4. The SMILES string of the molecule is CCOc1ccccc1N(CC(=O)NCCOc1ccccc1Cl)S(=O)(=O)c1ccc(Cl)cc1. The van der Waals surface area contributed by atoms with Gasteiger partial charge in [-0.1, -0.05) is 47.5 Å². The molecule has 1 amide bonds. The summed E-state index contributed by atoms with van der Waals surface area (Å²) in [7, 11) is -4.10. The van der Waals surface area contributed by atoms with E-state index in [0.29, 0.717) is 28.2 Å². The van der Waals surface area contributed by atoms with Gasteiger partial charge in [0.05, 0.1) is 28.8 Å². The lowest BCUT2D eigenvalue weighted by molar-refractivity contribution is -0.119. The molecule has 180 valence electrons. The van der Waals surface area contributed by atoms with E-state index in [1.165, 1.54) is 24.3 Å². The van der Waals surface area contributed by atoms with E-state index in [2.05, 4.69) is 5.32 Å². The second kappa shape index (κ2) is 12.0. The first-order valence-electron chi connectivity index (χ1n) is 10.5. The van der Waals surface area contributed by atoms with Gasteiger partial charge in [0.2, 0.25) is 5.91 Å². The van der Waals surface area contributed by atoms with Crippen LogP contribution in [0.25, 0.3) is 0 Å². The fraction of sp³-hybridized carbons (Fsp3) is 0.208. The number of halogens is 2. The summed E-state index contributed by atoms with van der Waals surface area (Å²) in [6.07, 6.45) is 0. The first-order valence-corrected chi connectivity index (χ1v) is 12.7. The van der Waals surface area contributed by atoms with Crippen LogP contribution in [0.2, 0.25) is 10.0 Å². The molecule has 0 aliphatic heterocycles. The summed E-state index contributed by atoms with van der Waals surface area (Å²) in [5.41, 5.74) is 0.252. The van der Waals surface area contributed by atoms with E-state index in [1.54, 1.807) is 55.5 Å². The number of nitrogens with one attached hydrogen (secondary N) is 1. The van der Waals surface area contributed by atoms with Gasteiger partial charge in [-0.05, 0) is 55.5 Å². The normalized spacial score (nSPS) is 11.0. The smallest absolute Gasteiger partial charge is 0.264 e. The van der Waals surface area contributed by atoms with Crippen LogP contribution in [-0.4, -0.2) is 40.6 Å². The molecule has 3 aromatic carbocycles. The minimum atomic E-state index is -4.10. The Morgan fingerprint density at radius 2 is 1.56 bits per heavy atom. The van der Waals surface area contributed by atoms with E-state index < -0.39 is 22.5 Å². The molecule has 0 saturated carbocycles. The summed E-state index contributed by atoms with van der Waals surface area (Å²) in [4.78, 5) is 12.7. The van der Waals surface area contributed by atoms with E-state index >= 15 is 0 Å². The van der Waals surface area contributed by atoms with Crippen LogP contribution in [0.15, 0.2) is 77.7 Å². The highest BCUT2D eigenvalue weighted by molar-refractivity contribution is 7.92. The number of amides is 1. The van der Waals surface area contributed by atoms with Gasteiger partial charge in [-0.3, -0.25) is 9.10 Å². The Bertz CT molecular complexity index is 1220. The fourth-order valence-corrected chi connectivity index (χ4v) is 4.82. The monoisotopic (exact) mass is 522 g/mol. The number of sulfonamides is 1. The number of carbonyl (C=O) groups is 1. The Morgan fingerprint density at radius 3 is 2.24 bits per heavy atom. The lowest BCUT2D eigenvalue weighted by Gasteiger charge is -2.26. The number of nitrogens with zero attached hydrogens (tertiary/aromatic N) is 1. The molecule has 0 unspecified atom stereocenters. The van der Waals surface area contributed by atoms with Crippen molar-refractivity contribution in [2.24, 2.45) is 0 Å². The number of carbonyl (C=O) groups excluding carboxylic acids is 1. The second-order valence-corrected chi connectivity index (χ2v) is 9.70. The molecule has 3 rings (SSSR count). The van der Waals surface area contributed by atoms with Gasteiger partial charge in [-0.25, -0.2) is 8.42 Å². The zero-order chi connectivity index (χ0) is 24.6. The first-order chi connectivity index (χ1) is 16.3. The van der Waals surface area contributed by atoms with Crippen molar-refractivity contribution in [2.45, 2.75) is 11.8 Å². The molecule has 0 bridgehead atoms. The fourth-order valence-electron chi connectivity index (χ4n) is 3.07. The highest BCUT2D eigenvalue weighted by atomic mass is 35.5. The van der Waals surface area contributed by atoms with E-state index in [9.17, 15) is 13.2 Å². The summed E-state index contributed by atoms with van der Waals surface area (Å²) in [5, 5.41) is 3.54. The third-order valence-corrected chi connectivity index (χ3v) is 6.98. The van der Waals surface area contributed by atoms with Gasteiger partial charge in [0.1, 0.15) is 24.7 Å². The zero-order valence-corrected chi connectivity index (χ0v) is 20.7. The maximum atomic E-state index is 13.5. The molecule has 0 aliphatic rings. The quantitative estimate of drug-likeness (QED) is 0.366. The minimum Gasteiger partial charge on any atom is -0.492 e. The van der Waals surface area contributed by atoms with Gasteiger partial charge in [-0.15, -0.1) is 0 Å². The Kier molecular flexibility index (Phi) is 9.04. The lowest BCUT2D eigenvalue weighted by atomic mass is 10.3. The third kappa shape index (κ3) is 6.56. The molecular weight excluding hydrogens is 499 g/mol. The number of ether oxygens (including phenoxy) is 2. The van der Waals surface area contributed by atoms with Gasteiger partial charge in [-0.2, -0.15) is 0 Å². The molecule has 0 heterocycles. The summed E-state index contributed by atoms with van der Waals surface area (Å²) >= 11 is 12.0. The average Bonchev–Trinajstić information content (AvgIpc) is 2.82. The van der Waals surface area contributed by atoms with Crippen LogP contribution in [0.1, 0.15) is 6.92 Å². The van der Waals surface area contributed by atoms with Crippen LogP contribution < -0.4 is 19.1 Å². The molecule has 1 N–H and O–H groups in total. The summed E-state index contributed by atoms with van der Waals surface area (Å²) < 4.78 is 39.2. The highest BCUT2D eigenvalue weighted by Gasteiger charge is 2.29. The van der Waals surface area contributed by atoms with Crippen molar-refractivity contribution in [1.29, 1.82) is 0 Å². The number of anilines is 1. The predicted octanol–water partition coefficient (Wildman–Crippen LogP) is 4.78. The van der Waals surface area contributed by atoms with E-state index in [4.69, 9.17) is 32.7 Å². The Labute approximate surface area is 209 Å². The molecule has 10 heteroatoms. The van der Waals surface area contributed by atoms with Crippen molar-refractivity contribution in [2.75, 3.05) is 30.6 Å². The minimum absolute atomic E-state index is 0.00180. The van der Waals surface area contributed by atoms with Gasteiger partial charge in [0.25, 0.3) is 10.0 Å². The van der Waals surface area contributed by atoms with E-state index in [1.807, 2.05) is 0 Å². The van der Waals surface area contributed by atoms with E-state index in [0.717, 1.165) is 4.31 Å². The van der Waals surface area contributed by atoms with Crippen LogP contribution in [0.3, 0.4) is 0 Å². The lowest BCUT2D eigenvalue weighted by Crippen LogP contribution is -2.42. The highest BCUT2D eigenvalue weighted by Crippen LogP contribution is 2.32. The molecular formula is C24H24Cl2N2O5S. The predicted molar refractivity (Wildman–Crippen MR) is 134 cm³/mol. The molecule has 0 atom stereocenters. The number of para-hydroxylation sites is 3. The Hall–Kier alpha value is -2.94. The molecule has 3 aromatic rings. The van der Waals surface area contributed by atoms with Gasteiger partial charge < -0.3 is 14.8 Å². The molecule has 0 spiro atoms. The molecule has 0 radical (unpaired) electrons. The molecule has 0 fully saturated rings. The molecule has 0 aliphatic carbocycles. The van der Waals surface area contributed by atoms with Crippen LogP contribution >= 0.6 is 23.2 Å². The van der Waals surface area contributed by atoms with Crippen LogP contribution in [0.5, 0.6) is 11.5 Å². The molecule has 0 aromatic heterocycles. The maximum Gasteiger partial charge on any atom is 0.264 e. The van der Waals surface area contributed by atoms with Crippen LogP contribution in [0, 0.1) is 0 Å². The average molecular weight is 523 g/mol. The van der Waals surface area contributed by atoms with Crippen LogP contribution in [-0.2, 0) is 14.8 Å². The van der Waals surface area contributed by atoms with Crippen molar-refractivity contribution in [1.82, 2.24) is 5.32 Å². The first kappa shape index (κ1) is 25.7. The molecule has 0 saturated heterocycles. The number of hydrogen-bond donors (Lipinski definition) is 1. The van der Waals surface area contributed by atoms with Crippen molar-refractivity contribution in [3.63, 3.8) is 0 Å². The second-order valence-electron chi connectivity index (χ2n) is 7.00. The largest absolute Gasteiger partial charge is 0.492 e. The van der Waals surface area contributed by atoms with Crippen LogP contribution in [0.4, 0.5) is 5.69 Å². The van der Waals surface area contributed by atoms with Gasteiger partial charge >= 0.3 is 0 Å². The van der Waals surface area contributed by atoms with E-state index in [-0.39, 0.29) is 23.7 Å².